The number of anilines is 1. The van der Waals surface area contributed by atoms with E-state index < -0.39 is 26.6 Å². The highest BCUT2D eigenvalue weighted by Crippen LogP contribution is 2.40. The summed E-state index contributed by atoms with van der Waals surface area (Å²) in [6.07, 6.45) is 0.362. The van der Waals surface area contributed by atoms with E-state index in [0.29, 0.717) is 40.5 Å². The van der Waals surface area contributed by atoms with Crippen molar-refractivity contribution in [3.63, 3.8) is 0 Å². The maximum Gasteiger partial charge on any atom is 0.243 e. The summed E-state index contributed by atoms with van der Waals surface area (Å²) in [5.74, 6) is -1.19. The van der Waals surface area contributed by atoms with Crippen LogP contribution in [-0.4, -0.2) is 27.3 Å². The van der Waals surface area contributed by atoms with Crippen LogP contribution in [0.3, 0.4) is 0 Å². The molecule has 0 spiro atoms. The molecule has 11 heteroatoms. The maximum atomic E-state index is 14.0. The van der Waals surface area contributed by atoms with Gasteiger partial charge in [0.2, 0.25) is 10.0 Å². The van der Waals surface area contributed by atoms with Gasteiger partial charge in [0, 0.05) is 11.4 Å². The third kappa shape index (κ3) is 5.75. The molecule has 1 aliphatic rings. The highest BCUT2D eigenvalue weighted by molar-refractivity contribution is 7.89. The van der Waals surface area contributed by atoms with Crippen molar-refractivity contribution in [1.29, 1.82) is 0 Å². The van der Waals surface area contributed by atoms with E-state index in [-0.39, 0.29) is 12.6 Å². The molecule has 0 aromatic heterocycles. The third-order valence-electron chi connectivity index (χ3n) is 5.35. The number of sulfonamides is 1. The average molecular weight is 540 g/mol. The van der Waals surface area contributed by atoms with Crippen LogP contribution in [0.1, 0.15) is 24.9 Å². The van der Waals surface area contributed by atoms with Crippen LogP contribution in [0.5, 0.6) is 5.75 Å². The molecule has 3 aromatic rings. The fourth-order valence-corrected chi connectivity index (χ4v) is 5.32. The number of hydrogen-bond donors (Lipinski definition) is 1. The van der Waals surface area contributed by atoms with Gasteiger partial charge in [-0.3, -0.25) is 5.01 Å². The molecule has 6 nitrogen and oxygen atoms in total. The minimum absolute atomic E-state index is 0.201. The topological polar surface area (TPSA) is 71.0 Å². The lowest BCUT2D eigenvalue weighted by atomic mass is 10.0. The van der Waals surface area contributed by atoms with Gasteiger partial charge in [-0.2, -0.15) is 5.10 Å². The summed E-state index contributed by atoms with van der Waals surface area (Å²) in [7, 11) is -4.32. The van der Waals surface area contributed by atoms with Gasteiger partial charge in [0.1, 0.15) is 22.3 Å². The van der Waals surface area contributed by atoms with Crippen molar-refractivity contribution in [3.8, 4) is 5.75 Å². The molecule has 0 amide bonds. The highest BCUT2D eigenvalue weighted by Gasteiger charge is 2.31. The summed E-state index contributed by atoms with van der Waals surface area (Å²) in [5, 5.41) is 7.13. The van der Waals surface area contributed by atoms with E-state index >= 15 is 0 Å². The molecule has 184 valence electrons. The summed E-state index contributed by atoms with van der Waals surface area (Å²) < 4.78 is 60.6. The van der Waals surface area contributed by atoms with E-state index in [0.717, 1.165) is 23.4 Å². The van der Waals surface area contributed by atoms with Gasteiger partial charge in [-0.15, -0.1) is 0 Å². The Morgan fingerprint density at radius 3 is 2.51 bits per heavy atom. The van der Waals surface area contributed by atoms with E-state index in [4.69, 9.17) is 27.9 Å². The monoisotopic (exact) mass is 539 g/mol. The molecule has 0 bridgehead atoms. The van der Waals surface area contributed by atoms with Crippen molar-refractivity contribution >= 4 is 44.6 Å². The van der Waals surface area contributed by atoms with Crippen molar-refractivity contribution in [2.75, 3.05) is 18.2 Å². The predicted octanol–water partition coefficient (Wildman–Crippen LogP) is 5.96. The Hall–Kier alpha value is -2.72. The molecule has 0 radical (unpaired) electrons. The zero-order chi connectivity index (χ0) is 25.2. The van der Waals surface area contributed by atoms with E-state index in [1.54, 1.807) is 23.2 Å². The molecule has 0 fully saturated rings. The Morgan fingerprint density at radius 1 is 1.09 bits per heavy atom. The summed E-state index contributed by atoms with van der Waals surface area (Å²) in [6.45, 7) is 2.23. The Bertz CT molecular complexity index is 1370. The lowest BCUT2D eigenvalue weighted by Gasteiger charge is -2.25. The van der Waals surface area contributed by atoms with Crippen molar-refractivity contribution in [1.82, 2.24) is 4.72 Å². The molecule has 0 saturated heterocycles. The molecular formula is C24H21Cl2F2N3O3S. The van der Waals surface area contributed by atoms with Crippen LogP contribution in [0.4, 0.5) is 14.5 Å². The smallest absolute Gasteiger partial charge is 0.243 e. The van der Waals surface area contributed by atoms with Crippen LogP contribution in [0.25, 0.3) is 0 Å². The Kier molecular flexibility index (Phi) is 7.61. The van der Waals surface area contributed by atoms with Gasteiger partial charge in [0.25, 0.3) is 0 Å². The zero-order valence-corrected chi connectivity index (χ0v) is 20.8. The summed E-state index contributed by atoms with van der Waals surface area (Å²) in [4.78, 5) is -0.767. The van der Waals surface area contributed by atoms with E-state index in [2.05, 4.69) is 9.82 Å². The minimum Gasteiger partial charge on any atom is -0.494 e. The Balaban J connectivity index is 1.62. The molecule has 35 heavy (non-hydrogen) atoms. The molecule has 1 aliphatic heterocycles. The van der Waals surface area contributed by atoms with Crippen LogP contribution in [-0.2, 0) is 10.0 Å². The number of nitrogens with zero attached hydrogens (tertiary/aromatic N) is 2. The maximum absolute atomic E-state index is 14.0. The lowest BCUT2D eigenvalue weighted by Crippen LogP contribution is -2.30. The number of hydrazone groups is 1. The molecule has 0 unspecified atom stereocenters. The van der Waals surface area contributed by atoms with Crippen LogP contribution < -0.4 is 14.5 Å². The largest absolute Gasteiger partial charge is 0.494 e. The fraction of sp³-hybridized carbons (Fsp3) is 0.208. The van der Waals surface area contributed by atoms with Crippen molar-refractivity contribution < 1.29 is 21.9 Å². The molecule has 0 aliphatic carbocycles. The molecule has 0 saturated carbocycles. The number of nitrogens with one attached hydrogen (secondary N) is 1. The van der Waals surface area contributed by atoms with Crippen LogP contribution in [0.15, 0.2) is 70.7 Å². The van der Waals surface area contributed by atoms with Gasteiger partial charge in [-0.05, 0) is 61.0 Å². The number of hydrogen-bond acceptors (Lipinski definition) is 5. The molecule has 1 atom stereocenters. The van der Waals surface area contributed by atoms with Gasteiger partial charge in [0.05, 0.1) is 35.6 Å². The third-order valence-corrected chi connectivity index (χ3v) is 7.31. The van der Waals surface area contributed by atoms with E-state index in [9.17, 15) is 17.2 Å². The van der Waals surface area contributed by atoms with Crippen LogP contribution >= 0.6 is 23.2 Å². The number of benzene rings is 3. The molecule has 1 N–H and O–H groups in total. The normalized spacial score (nSPS) is 15.9. The quantitative estimate of drug-likeness (QED) is 0.383. The minimum atomic E-state index is -4.32. The Morgan fingerprint density at radius 2 is 1.83 bits per heavy atom. The standard InChI is InChI=1S/C24H21Cl2F2N3O3S/c1-2-34-19-7-3-15(4-8-19)23-13-18(30-31(23)22-10-5-16(25)11-20(22)26)14-29-35(32,33)24-12-17(27)6-9-21(24)28/h3-12,23,29H,2,13-14H2,1H3/t23-/m0/s1. The van der Waals surface area contributed by atoms with Crippen molar-refractivity contribution in [2.24, 2.45) is 5.10 Å². The van der Waals surface area contributed by atoms with Gasteiger partial charge >= 0.3 is 0 Å². The second-order valence-corrected chi connectivity index (χ2v) is 10.3. The number of ether oxygens (including phenoxy) is 1. The van der Waals surface area contributed by atoms with Gasteiger partial charge in [-0.25, -0.2) is 21.9 Å². The fourth-order valence-electron chi connectivity index (χ4n) is 3.72. The molecule has 4 rings (SSSR count). The second kappa shape index (κ2) is 10.5. The first kappa shape index (κ1) is 25.4. The highest BCUT2D eigenvalue weighted by atomic mass is 35.5. The summed E-state index contributed by atoms with van der Waals surface area (Å²) in [6, 6.07) is 14.4. The van der Waals surface area contributed by atoms with Gasteiger partial charge < -0.3 is 4.74 Å². The Labute approximate surface area is 212 Å². The lowest BCUT2D eigenvalue weighted by molar-refractivity contribution is 0.340. The van der Waals surface area contributed by atoms with E-state index in [1.165, 1.54) is 0 Å². The first-order chi connectivity index (χ1) is 16.7. The predicted molar refractivity (Wildman–Crippen MR) is 133 cm³/mol. The number of rotatable bonds is 8. The molecular weight excluding hydrogens is 519 g/mol. The summed E-state index contributed by atoms with van der Waals surface area (Å²) in [5.41, 5.74) is 1.97. The van der Waals surface area contributed by atoms with E-state index in [1.807, 2.05) is 31.2 Å². The second-order valence-electron chi connectivity index (χ2n) is 7.73. The first-order valence-electron chi connectivity index (χ1n) is 10.7. The number of halogens is 4. The van der Waals surface area contributed by atoms with Crippen LogP contribution in [0, 0.1) is 11.6 Å². The van der Waals surface area contributed by atoms with Crippen molar-refractivity contribution in [2.45, 2.75) is 24.3 Å². The molecule has 3 aromatic carbocycles. The summed E-state index contributed by atoms with van der Waals surface area (Å²) >= 11 is 12.5. The van der Waals surface area contributed by atoms with Gasteiger partial charge in [0.15, 0.2) is 0 Å². The van der Waals surface area contributed by atoms with Crippen molar-refractivity contribution in [3.05, 3.63) is 87.9 Å². The van der Waals surface area contributed by atoms with Gasteiger partial charge in [-0.1, -0.05) is 35.3 Å². The zero-order valence-electron chi connectivity index (χ0n) is 18.5. The average Bonchev–Trinajstić information content (AvgIpc) is 3.24. The first-order valence-corrected chi connectivity index (χ1v) is 12.9. The molecule has 1 heterocycles. The SMILES string of the molecule is CCOc1ccc([C@@H]2CC(CNS(=O)(=O)c3cc(F)ccc3F)=NN2c2ccc(Cl)cc2Cl)cc1. The van der Waals surface area contributed by atoms with Crippen LogP contribution in [0.2, 0.25) is 10.0 Å².